The van der Waals surface area contributed by atoms with Crippen molar-refractivity contribution in [2.24, 2.45) is 5.73 Å². The van der Waals surface area contributed by atoms with Crippen molar-refractivity contribution in [1.82, 2.24) is 4.98 Å². The van der Waals surface area contributed by atoms with E-state index in [0.717, 1.165) is 6.42 Å². The number of aromatic nitrogens is 1. The van der Waals surface area contributed by atoms with Crippen molar-refractivity contribution < 1.29 is 0 Å². The van der Waals surface area contributed by atoms with E-state index in [4.69, 9.17) is 52.1 Å². The highest BCUT2D eigenvalue weighted by molar-refractivity contribution is 6.48. The molecule has 1 aromatic heterocycles. The predicted octanol–water partition coefficient (Wildman–Crippen LogP) is 3.46. The number of anilines is 1. The number of halogens is 4. The molecular formula is C8H9Cl4N3. The molecule has 0 aliphatic carbocycles. The molecule has 0 saturated carbocycles. The van der Waals surface area contributed by atoms with Crippen molar-refractivity contribution in [3.63, 3.8) is 0 Å². The van der Waals surface area contributed by atoms with Crippen LogP contribution in [0.3, 0.4) is 0 Å². The summed E-state index contributed by atoms with van der Waals surface area (Å²) in [7, 11) is 0. The van der Waals surface area contributed by atoms with Gasteiger partial charge < -0.3 is 11.1 Å². The van der Waals surface area contributed by atoms with Crippen molar-refractivity contribution >= 4 is 52.1 Å². The van der Waals surface area contributed by atoms with Crippen LogP contribution in [0.4, 0.5) is 5.69 Å². The van der Waals surface area contributed by atoms with Gasteiger partial charge in [-0.3, -0.25) is 0 Å². The lowest BCUT2D eigenvalue weighted by atomic mass is 10.3. The van der Waals surface area contributed by atoms with Gasteiger partial charge in [-0.05, 0) is 13.0 Å². The highest BCUT2D eigenvalue weighted by Gasteiger charge is 2.14. The molecule has 0 amide bonds. The van der Waals surface area contributed by atoms with Crippen LogP contribution in [-0.4, -0.2) is 18.1 Å². The van der Waals surface area contributed by atoms with Crippen LogP contribution < -0.4 is 11.1 Å². The summed E-state index contributed by atoms with van der Waals surface area (Å²) in [6.45, 7) is 1.22. The summed E-state index contributed by atoms with van der Waals surface area (Å²) in [4.78, 5) is 3.76. The molecule has 0 unspecified atom stereocenters. The average molecular weight is 289 g/mol. The smallest absolute Gasteiger partial charge is 0.151 e. The Morgan fingerprint density at radius 2 is 1.60 bits per heavy atom. The molecule has 0 atom stereocenters. The number of hydrogen-bond acceptors (Lipinski definition) is 3. The van der Waals surface area contributed by atoms with E-state index in [1.165, 1.54) is 0 Å². The molecule has 0 aliphatic rings. The largest absolute Gasteiger partial charge is 0.382 e. The van der Waals surface area contributed by atoms with E-state index in [2.05, 4.69) is 10.3 Å². The minimum absolute atomic E-state index is 0.126. The molecule has 7 heteroatoms. The molecule has 3 N–H and O–H groups in total. The number of nitrogens with zero attached hydrogens (tertiary/aromatic N) is 1. The minimum Gasteiger partial charge on any atom is -0.382 e. The van der Waals surface area contributed by atoms with Crippen LogP contribution in [-0.2, 0) is 0 Å². The normalized spacial score (nSPS) is 10.5. The van der Waals surface area contributed by atoms with Crippen molar-refractivity contribution in [3.8, 4) is 0 Å². The van der Waals surface area contributed by atoms with Gasteiger partial charge in [-0.2, -0.15) is 0 Å². The van der Waals surface area contributed by atoms with Gasteiger partial charge in [-0.25, -0.2) is 4.98 Å². The van der Waals surface area contributed by atoms with E-state index >= 15 is 0 Å². The summed E-state index contributed by atoms with van der Waals surface area (Å²) in [6.07, 6.45) is 0.796. The van der Waals surface area contributed by atoms with Crippen LogP contribution in [0.25, 0.3) is 0 Å². The third-order valence-electron chi connectivity index (χ3n) is 1.68. The van der Waals surface area contributed by atoms with Crippen LogP contribution in [0.2, 0.25) is 20.4 Å². The van der Waals surface area contributed by atoms with Gasteiger partial charge in [0.25, 0.3) is 0 Å². The number of pyridine rings is 1. The summed E-state index contributed by atoms with van der Waals surface area (Å²) in [5.74, 6) is 0. The SMILES string of the molecule is NCCCNc1c(Cl)c(Cl)nc(Cl)c1Cl. The fourth-order valence-electron chi connectivity index (χ4n) is 0.958. The first-order valence-corrected chi connectivity index (χ1v) is 5.73. The molecular weight excluding hydrogens is 280 g/mol. The molecule has 0 radical (unpaired) electrons. The molecule has 0 bridgehead atoms. The Balaban J connectivity index is 2.94. The van der Waals surface area contributed by atoms with Gasteiger partial charge in [-0.1, -0.05) is 46.4 Å². The predicted molar refractivity (Wildman–Crippen MR) is 66.4 cm³/mol. The molecule has 84 valence electrons. The first kappa shape index (κ1) is 13.1. The Morgan fingerprint density at radius 3 is 2.07 bits per heavy atom. The summed E-state index contributed by atoms with van der Waals surface area (Å²) >= 11 is 23.3. The summed E-state index contributed by atoms with van der Waals surface area (Å²) in [5.41, 5.74) is 5.86. The Morgan fingerprint density at radius 1 is 1.07 bits per heavy atom. The zero-order valence-corrected chi connectivity index (χ0v) is 10.7. The van der Waals surface area contributed by atoms with E-state index in [1.54, 1.807) is 0 Å². The van der Waals surface area contributed by atoms with Crippen molar-refractivity contribution in [2.45, 2.75) is 6.42 Å². The Kier molecular flexibility index (Phi) is 5.23. The fraction of sp³-hybridized carbons (Fsp3) is 0.375. The van der Waals surface area contributed by atoms with E-state index in [1.807, 2.05) is 0 Å². The molecule has 1 heterocycles. The number of nitrogens with one attached hydrogen (secondary N) is 1. The third-order valence-corrected chi connectivity index (χ3v) is 3.16. The molecule has 0 aliphatic heterocycles. The third kappa shape index (κ3) is 3.26. The maximum Gasteiger partial charge on any atom is 0.151 e. The van der Waals surface area contributed by atoms with Gasteiger partial charge in [-0.15, -0.1) is 0 Å². The zero-order chi connectivity index (χ0) is 11.4. The molecule has 1 rings (SSSR count). The molecule has 1 aromatic rings. The number of hydrogen-bond donors (Lipinski definition) is 2. The molecule has 0 saturated heterocycles. The van der Waals surface area contributed by atoms with Gasteiger partial charge in [0.1, 0.15) is 10.0 Å². The lowest BCUT2D eigenvalue weighted by molar-refractivity contribution is 0.874. The summed E-state index contributed by atoms with van der Waals surface area (Å²) < 4.78 is 0. The Labute approximate surface area is 108 Å². The van der Waals surface area contributed by atoms with Crippen LogP contribution in [0, 0.1) is 0 Å². The molecule has 0 aromatic carbocycles. The van der Waals surface area contributed by atoms with Gasteiger partial charge in [0, 0.05) is 6.54 Å². The van der Waals surface area contributed by atoms with E-state index in [-0.39, 0.29) is 20.4 Å². The van der Waals surface area contributed by atoms with Crippen molar-refractivity contribution in [1.29, 1.82) is 0 Å². The highest BCUT2D eigenvalue weighted by atomic mass is 35.5. The van der Waals surface area contributed by atoms with Crippen molar-refractivity contribution in [3.05, 3.63) is 20.4 Å². The second kappa shape index (κ2) is 5.97. The van der Waals surface area contributed by atoms with Gasteiger partial charge in [0.05, 0.1) is 5.69 Å². The number of rotatable bonds is 4. The van der Waals surface area contributed by atoms with Crippen LogP contribution in [0.1, 0.15) is 6.42 Å². The van der Waals surface area contributed by atoms with E-state index in [0.29, 0.717) is 18.8 Å². The van der Waals surface area contributed by atoms with E-state index in [9.17, 15) is 0 Å². The molecule has 3 nitrogen and oxygen atoms in total. The maximum atomic E-state index is 5.92. The highest BCUT2D eigenvalue weighted by Crippen LogP contribution is 2.38. The van der Waals surface area contributed by atoms with Crippen LogP contribution >= 0.6 is 46.4 Å². The van der Waals surface area contributed by atoms with Crippen LogP contribution in [0.5, 0.6) is 0 Å². The second-order valence-corrected chi connectivity index (χ2v) is 4.24. The molecule has 0 fully saturated rings. The molecule has 0 spiro atoms. The Bertz CT molecular complexity index is 330. The molecule has 15 heavy (non-hydrogen) atoms. The monoisotopic (exact) mass is 287 g/mol. The first-order chi connectivity index (χ1) is 7.07. The number of nitrogens with two attached hydrogens (primary N) is 1. The van der Waals surface area contributed by atoms with E-state index < -0.39 is 0 Å². The van der Waals surface area contributed by atoms with Crippen LogP contribution in [0.15, 0.2) is 0 Å². The fourth-order valence-corrected chi connectivity index (χ4v) is 1.81. The maximum absolute atomic E-state index is 5.92. The lowest BCUT2D eigenvalue weighted by Crippen LogP contribution is -2.09. The second-order valence-electron chi connectivity index (χ2n) is 2.77. The van der Waals surface area contributed by atoms with Gasteiger partial charge in [0.2, 0.25) is 0 Å². The Hall–Kier alpha value is 0.0700. The summed E-state index contributed by atoms with van der Waals surface area (Å²) in [6, 6.07) is 0. The minimum atomic E-state index is 0.126. The van der Waals surface area contributed by atoms with Crippen molar-refractivity contribution in [2.75, 3.05) is 18.4 Å². The standard InChI is InChI=1S/C8H9Cl4N3/c9-4-6(14-3-1-2-13)5(10)8(12)15-7(4)11/h1-3,13H2,(H,14,15). The van der Waals surface area contributed by atoms with Gasteiger partial charge >= 0.3 is 0 Å². The first-order valence-electron chi connectivity index (χ1n) is 4.21. The zero-order valence-electron chi connectivity index (χ0n) is 7.66. The lowest BCUT2D eigenvalue weighted by Gasteiger charge is -2.11. The average Bonchev–Trinajstić information content (AvgIpc) is 2.20. The van der Waals surface area contributed by atoms with Gasteiger partial charge in [0.15, 0.2) is 10.3 Å². The topological polar surface area (TPSA) is 50.9 Å². The quantitative estimate of drug-likeness (QED) is 0.659. The summed E-state index contributed by atoms with van der Waals surface area (Å²) in [5, 5.41) is 3.80.